The Balaban J connectivity index is 1.55. The Morgan fingerprint density at radius 2 is 1.89 bits per heavy atom. The van der Waals surface area contributed by atoms with Gasteiger partial charge in [0, 0.05) is 23.8 Å². The number of hydrogen-bond donors (Lipinski definition) is 0. The third-order valence-electron chi connectivity index (χ3n) is 6.08. The van der Waals surface area contributed by atoms with E-state index in [1.54, 1.807) is 28.8 Å². The average Bonchev–Trinajstić information content (AvgIpc) is 3.20. The lowest BCUT2D eigenvalue weighted by Crippen LogP contribution is -2.52. The Morgan fingerprint density at radius 1 is 1.14 bits per heavy atom. The second-order valence-electron chi connectivity index (χ2n) is 7.65. The van der Waals surface area contributed by atoms with Gasteiger partial charge in [0.15, 0.2) is 4.87 Å². The van der Waals surface area contributed by atoms with Crippen molar-refractivity contribution in [2.24, 2.45) is 5.92 Å². The standard InChI is InChI=1S/C22H21FN2O2S/c23-17-10-8-15(9-11-17)14-24-19-7-2-1-6-18(19)22(21(24)27)25(12-13-28-22)20(26)16-4-3-5-16/h1-2,6-11,16H,3-5,12-14H2. The van der Waals surface area contributed by atoms with Crippen LogP contribution in [0.3, 0.4) is 0 Å². The van der Waals surface area contributed by atoms with Gasteiger partial charge in [0.1, 0.15) is 5.82 Å². The number of thioether (sulfide) groups is 1. The molecule has 0 radical (unpaired) electrons. The number of benzene rings is 2. The Labute approximate surface area is 167 Å². The van der Waals surface area contributed by atoms with Crippen LogP contribution in [-0.2, 0) is 21.0 Å². The number of rotatable bonds is 3. The molecule has 1 unspecified atom stereocenters. The first kappa shape index (κ1) is 17.7. The molecule has 2 aromatic rings. The maximum Gasteiger partial charge on any atom is 0.268 e. The van der Waals surface area contributed by atoms with Gasteiger partial charge >= 0.3 is 0 Å². The molecule has 1 saturated heterocycles. The van der Waals surface area contributed by atoms with Crippen LogP contribution >= 0.6 is 11.8 Å². The highest BCUT2D eigenvalue weighted by molar-refractivity contribution is 8.01. The van der Waals surface area contributed by atoms with E-state index >= 15 is 0 Å². The van der Waals surface area contributed by atoms with Crippen LogP contribution in [0, 0.1) is 11.7 Å². The Hall–Kier alpha value is -2.34. The second-order valence-corrected chi connectivity index (χ2v) is 8.93. The molecule has 6 heteroatoms. The van der Waals surface area contributed by atoms with E-state index in [-0.39, 0.29) is 23.5 Å². The largest absolute Gasteiger partial charge is 0.315 e. The number of para-hydroxylation sites is 1. The van der Waals surface area contributed by atoms with Crippen LogP contribution in [0.5, 0.6) is 0 Å². The van der Waals surface area contributed by atoms with E-state index in [0.717, 1.165) is 41.8 Å². The number of carbonyl (C=O) groups excluding carboxylic acids is 2. The zero-order valence-electron chi connectivity index (χ0n) is 15.4. The molecule has 2 aromatic carbocycles. The van der Waals surface area contributed by atoms with Crippen LogP contribution in [0.2, 0.25) is 0 Å². The van der Waals surface area contributed by atoms with E-state index in [2.05, 4.69) is 0 Å². The minimum atomic E-state index is -0.955. The van der Waals surface area contributed by atoms with Crippen molar-refractivity contribution in [2.75, 3.05) is 17.2 Å². The van der Waals surface area contributed by atoms with Crippen molar-refractivity contribution in [2.45, 2.75) is 30.7 Å². The Morgan fingerprint density at radius 3 is 2.61 bits per heavy atom. The summed E-state index contributed by atoms with van der Waals surface area (Å²) in [6.45, 7) is 0.967. The fourth-order valence-electron chi connectivity index (χ4n) is 4.39. The molecule has 2 fully saturated rings. The topological polar surface area (TPSA) is 40.6 Å². The number of amides is 2. The number of hydrogen-bond acceptors (Lipinski definition) is 3. The van der Waals surface area contributed by atoms with Crippen molar-refractivity contribution in [3.05, 3.63) is 65.5 Å². The van der Waals surface area contributed by atoms with Crippen molar-refractivity contribution < 1.29 is 14.0 Å². The molecule has 0 aromatic heterocycles. The molecule has 1 atom stereocenters. The molecule has 1 aliphatic carbocycles. The van der Waals surface area contributed by atoms with Gasteiger partial charge in [-0.1, -0.05) is 36.8 Å². The fourth-order valence-corrected chi connectivity index (χ4v) is 5.86. The highest BCUT2D eigenvalue weighted by Crippen LogP contribution is 2.55. The first-order valence-corrected chi connectivity index (χ1v) is 10.7. The minimum Gasteiger partial charge on any atom is -0.315 e. The van der Waals surface area contributed by atoms with Gasteiger partial charge in [-0.05, 0) is 36.6 Å². The van der Waals surface area contributed by atoms with Gasteiger partial charge in [-0.2, -0.15) is 0 Å². The van der Waals surface area contributed by atoms with Crippen LogP contribution in [0.1, 0.15) is 30.4 Å². The van der Waals surface area contributed by atoms with E-state index in [1.165, 1.54) is 12.1 Å². The summed E-state index contributed by atoms with van der Waals surface area (Å²) < 4.78 is 13.3. The van der Waals surface area contributed by atoms with Crippen LogP contribution < -0.4 is 4.90 Å². The summed E-state index contributed by atoms with van der Waals surface area (Å²) in [4.78, 5) is 29.5. The lowest BCUT2D eigenvalue weighted by atomic mass is 9.84. The van der Waals surface area contributed by atoms with Crippen LogP contribution in [0.4, 0.5) is 10.1 Å². The minimum absolute atomic E-state index is 0.0571. The van der Waals surface area contributed by atoms with E-state index in [4.69, 9.17) is 0 Å². The van der Waals surface area contributed by atoms with Gasteiger partial charge < -0.3 is 9.80 Å². The zero-order valence-corrected chi connectivity index (χ0v) is 16.3. The van der Waals surface area contributed by atoms with Gasteiger partial charge in [-0.3, -0.25) is 9.59 Å². The molecule has 1 saturated carbocycles. The number of nitrogens with zero attached hydrogens (tertiary/aromatic N) is 2. The molecule has 0 N–H and O–H groups in total. The highest BCUT2D eigenvalue weighted by Gasteiger charge is 2.59. The fraction of sp³-hybridized carbons (Fsp3) is 0.364. The van der Waals surface area contributed by atoms with E-state index in [0.29, 0.717) is 13.1 Å². The SMILES string of the molecule is O=C(C1CCC1)N1CCSC12C(=O)N(Cc1ccc(F)cc1)c1ccccc12. The molecule has 4 nitrogen and oxygen atoms in total. The summed E-state index contributed by atoms with van der Waals surface area (Å²) in [6.07, 6.45) is 2.93. The van der Waals surface area contributed by atoms with Crippen LogP contribution in [0.15, 0.2) is 48.5 Å². The van der Waals surface area contributed by atoms with Gasteiger partial charge in [-0.25, -0.2) is 4.39 Å². The summed E-state index contributed by atoms with van der Waals surface area (Å²) in [5.74, 6) is 0.568. The van der Waals surface area contributed by atoms with Crippen molar-refractivity contribution in [1.82, 2.24) is 4.90 Å². The Bertz CT molecular complexity index is 944. The molecule has 28 heavy (non-hydrogen) atoms. The average molecular weight is 396 g/mol. The van der Waals surface area contributed by atoms with Crippen LogP contribution in [0.25, 0.3) is 0 Å². The van der Waals surface area contributed by atoms with E-state index < -0.39 is 4.87 Å². The van der Waals surface area contributed by atoms with Crippen molar-refractivity contribution in [1.29, 1.82) is 0 Å². The third-order valence-corrected chi connectivity index (χ3v) is 7.49. The summed E-state index contributed by atoms with van der Waals surface area (Å²) in [7, 11) is 0. The van der Waals surface area contributed by atoms with Gasteiger partial charge in [0.05, 0.1) is 12.2 Å². The molecule has 2 aliphatic heterocycles. The molecule has 1 spiro atoms. The molecule has 2 amide bonds. The number of fused-ring (bicyclic) bond motifs is 2. The maximum absolute atomic E-state index is 13.7. The monoisotopic (exact) mass is 396 g/mol. The summed E-state index contributed by atoms with van der Waals surface area (Å²) in [5, 5.41) is 0. The quantitative estimate of drug-likeness (QED) is 0.790. The molecule has 0 bridgehead atoms. The van der Waals surface area contributed by atoms with E-state index in [9.17, 15) is 14.0 Å². The summed E-state index contributed by atoms with van der Waals surface area (Å²) >= 11 is 1.56. The number of carbonyl (C=O) groups is 2. The molecular formula is C22H21FN2O2S. The first-order chi connectivity index (χ1) is 13.6. The first-order valence-electron chi connectivity index (χ1n) is 9.72. The molecule has 5 rings (SSSR count). The predicted molar refractivity (Wildman–Crippen MR) is 107 cm³/mol. The third kappa shape index (κ3) is 2.50. The van der Waals surface area contributed by atoms with Crippen molar-refractivity contribution in [3.8, 4) is 0 Å². The number of anilines is 1. The maximum atomic E-state index is 13.7. The van der Waals surface area contributed by atoms with Gasteiger partial charge in [-0.15, -0.1) is 11.8 Å². The lowest BCUT2D eigenvalue weighted by Gasteiger charge is -2.37. The second kappa shape index (κ2) is 6.62. The lowest BCUT2D eigenvalue weighted by molar-refractivity contribution is -0.145. The zero-order chi connectivity index (χ0) is 19.3. The predicted octanol–water partition coefficient (Wildman–Crippen LogP) is 3.90. The van der Waals surface area contributed by atoms with Crippen LogP contribution in [-0.4, -0.2) is 29.0 Å². The Kier molecular flexibility index (Phi) is 4.19. The molecule has 144 valence electrons. The number of halogens is 1. The van der Waals surface area contributed by atoms with Crippen molar-refractivity contribution in [3.63, 3.8) is 0 Å². The van der Waals surface area contributed by atoms with Gasteiger partial charge in [0.25, 0.3) is 5.91 Å². The summed E-state index contributed by atoms with van der Waals surface area (Å²) in [6, 6.07) is 14.0. The molecular weight excluding hydrogens is 375 g/mol. The smallest absolute Gasteiger partial charge is 0.268 e. The summed E-state index contributed by atoms with van der Waals surface area (Å²) in [5.41, 5.74) is 2.61. The van der Waals surface area contributed by atoms with E-state index in [1.807, 2.05) is 29.2 Å². The normalized spacial score (nSPS) is 24.0. The molecule has 2 heterocycles. The highest BCUT2D eigenvalue weighted by atomic mass is 32.2. The van der Waals surface area contributed by atoms with Crippen molar-refractivity contribution >= 4 is 29.3 Å². The van der Waals surface area contributed by atoms with Gasteiger partial charge in [0.2, 0.25) is 5.91 Å². The molecule has 3 aliphatic rings.